The molecule has 0 saturated heterocycles. The van der Waals surface area contributed by atoms with Gasteiger partial charge in [-0.3, -0.25) is 0 Å². The van der Waals surface area contributed by atoms with Crippen molar-refractivity contribution in [2.24, 2.45) is 0 Å². The molecule has 1 aromatic carbocycles. The molecular formula is C17H36O3Si5. The first-order valence-electron chi connectivity index (χ1n) is 9.10. The van der Waals surface area contributed by atoms with Gasteiger partial charge in [0.05, 0.1) is 14.4 Å². The Hall–Kier alpha value is -0.396. The van der Waals surface area contributed by atoms with Crippen LogP contribution in [0.5, 0.6) is 5.75 Å². The molecule has 1 rings (SSSR count). The van der Waals surface area contributed by atoms with Crippen LogP contribution >= 0.6 is 0 Å². The van der Waals surface area contributed by atoms with E-state index < -0.39 is 34.5 Å². The molecule has 0 saturated carbocycles. The highest BCUT2D eigenvalue weighted by atomic mass is 28.4. The van der Waals surface area contributed by atoms with Crippen molar-refractivity contribution in [1.82, 2.24) is 0 Å². The van der Waals surface area contributed by atoms with Crippen LogP contribution in [-0.2, 0) is 8.54 Å². The van der Waals surface area contributed by atoms with Gasteiger partial charge in [-0.25, -0.2) is 0 Å². The van der Waals surface area contributed by atoms with Gasteiger partial charge in [0, 0.05) is 0 Å². The van der Waals surface area contributed by atoms with Crippen LogP contribution in [0.25, 0.3) is 5.76 Å². The zero-order valence-corrected chi connectivity index (χ0v) is 24.0. The molecule has 0 bridgehead atoms. The largest absolute Gasteiger partial charge is 0.544 e. The van der Waals surface area contributed by atoms with E-state index in [9.17, 15) is 0 Å². The van der Waals surface area contributed by atoms with Gasteiger partial charge in [0.2, 0.25) is 16.6 Å². The van der Waals surface area contributed by atoms with E-state index in [1.807, 2.05) is 0 Å². The molecule has 1 atom stereocenters. The first-order valence-corrected chi connectivity index (χ1v) is 21.8. The molecule has 0 amide bonds. The molecule has 0 heterocycles. The minimum atomic E-state index is -1.75. The van der Waals surface area contributed by atoms with E-state index in [1.54, 1.807) is 0 Å². The summed E-state index contributed by atoms with van der Waals surface area (Å²) in [7, 11) is -5.11. The lowest BCUT2D eigenvalue weighted by atomic mass is 10.2. The van der Waals surface area contributed by atoms with Gasteiger partial charge in [-0.1, -0.05) is 25.2 Å². The number of rotatable bonds is 8. The third-order valence-corrected chi connectivity index (χ3v) is 14.2. The molecule has 0 N–H and O–H groups in total. The smallest absolute Gasteiger partial charge is 0.242 e. The van der Waals surface area contributed by atoms with Gasteiger partial charge in [-0.05, 0) is 62.8 Å². The minimum absolute atomic E-state index is 0.789. The Morgan fingerprint density at radius 2 is 1.48 bits per heavy atom. The van der Waals surface area contributed by atoms with Crippen LogP contribution in [0.1, 0.15) is 5.56 Å². The third kappa shape index (κ3) is 7.39. The average molecular weight is 429 g/mol. The summed E-state index contributed by atoms with van der Waals surface area (Å²) >= 11 is 0. The van der Waals surface area contributed by atoms with Crippen LogP contribution in [0.2, 0.25) is 58.9 Å². The van der Waals surface area contributed by atoms with E-state index in [-0.39, 0.29) is 0 Å². The van der Waals surface area contributed by atoms with Crippen molar-refractivity contribution in [2.75, 3.05) is 0 Å². The zero-order valence-electron chi connectivity index (χ0n) is 17.7. The lowest BCUT2D eigenvalue weighted by Gasteiger charge is -2.30. The van der Waals surface area contributed by atoms with Crippen LogP contribution in [0.4, 0.5) is 0 Å². The fourth-order valence-electron chi connectivity index (χ4n) is 2.69. The Kier molecular flexibility index (Phi) is 8.15. The summed E-state index contributed by atoms with van der Waals surface area (Å²) in [6, 6.07) is 8.40. The zero-order chi connectivity index (χ0) is 19.4. The maximum Gasteiger partial charge on any atom is 0.242 e. The van der Waals surface area contributed by atoms with Crippen molar-refractivity contribution >= 4 is 50.7 Å². The maximum atomic E-state index is 6.68. The fraction of sp³-hybridized carbons (Fsp3) is 0.529. The van der Waals surface area contributed by atoms with E-state index in [2.05, 4.69) is 83.2 Å². The van der Waals surface area contributed by atoms with Crippen molar-refractivity contribution in [3.63, 3.8) is 0 Å². The first kappa shape index (κ1) is 22.6. The summed E-state index contributed by atoms with van der Waals surface area (Å²) in [6.07, 6.45) is 0. The highest BCUT2D eigenvalue weighted by molar-refractivity contribution is 6.87. The standard InChI is InChI=1S/C17H36O3Si5/c1-22(2)17(23(3)20-21)16(19-25(7,8)9)14-12-10-11-13-15(14)18-24(4,5)6/h10-13,22-23H,1-9,21H3. The summed E-state index contributed by atoms with van der Waals surface area (Å²) < 4.78 is 19.1. The van der Waals surface area contributed by atoms with Gasteiger partial charge in [0.25, 0.3) is 0 Å². The van der Waals surface area contributed by atoms with E-state index in [0.717, 1.165) is 27.6 Å². The second-order valence-electron chi connectivity index (χ2n) is 8.74. The van der Waals surface area contributed by atoms with Gasteiger partial charge in [-0.2, -0.15) is 0 Å². The quantitative estimate of drug-likeness (QED) is 0.467. The van der Waals surface area contributed by atoms with E-state index in [0.29, 0.717) is 0 Å². The molecule has 8 heteroatoms. The SMILES string of the molecule is C[SiH](C)C(=C(O[Si](C)(C)C)c1ccccc1O[Si](C)(C)C)[SiH](C)O[SiH3]. The Labute approximate surface area is 162 Å². The average Bonchev–Trinajstić information content (AvgIpc) is 2.43. The molecular weight excluding hydrogens is 393 g/mol. The molecule has 0 aromatic heterocycles. The summed E-state index contributed by atoms with van der Waals surface area (Å²) in [4.78, 5) is 1.50. The lowest BCUT2D eigenvalue weighted by Crippen LogP contribution is -2.33. The lowest BCUT2D eigenvalue weighted by molar-refractivity contribution is 0.501. The van der Waals surface area contributed by atoms with Crippen LogP contribution < -0.4 is 4.43 Å². The Bertz CT molecular complexity index is 603. The second-order valence-corrected chi connectivity index (χ2v) is 25.0. The Morgan fingerprint density at radius 1 is 0.920 bits per heavy atom. The summed E-state index contributed by atoms with van der Waals surface area (Å²) in [5.74, 6) is 2.06. The van der Waals surface area contributed by atoms with Crippen molar-refractivity contribution in [1.29, 1.82) is 0 Å². The molecule has 0 aliphatic rings. The number of hydrogen-bond donors (Lipinski definition) is 0. The second kappa shape index (κ2) is 9.00. The van der Waals surface area contributed by atoms with Crippen LogP contribution in [0.15, 0.2) is 29.1 Å². The molecule has 0 aliphatic carbocycles. The molecule has 3 nitrogen and oxygen atoms in total. The maximum absolute atomic E-state index is 6.68. The van der Waals surface area contributed by atoms with E-state index in [4.69, 9.17) is 13.0 Å². The summed E-state index contributed by atoms with van der Waals surface area (Å²) in [5.41, 5.74) is 1.13. The minimum Gasteiger partial charge on any atom is -0.544 e. The van der Waals surface area contributed by atoms with E-state index >= 15 is 0 Å². The highest BCUT2D eigenvalue weighted by Crippen LogP contribution is 2.34. The first-order chi connectivity index (χ1) is 11.4. The van der Waals surface area contributed by atoms with Gasteiger partial charge in [0.1, 0.15) is 22.0 Å². The number of para-hydroxylation sites is 1. The molecule has 1 aromatic rings. The summed E-state index contributed by atoms with van der Waals surface area (Å²) in [6.45, 7) is 20.5. The van der Waals surface area contributed by atoms with Crippen LogP contribution in [-0.4, -0.2) is 45.0 Å². The number of hydrogen-bond acceptors (Lipinski definition) is 3. The molecule has 0 aliphatic heterocycles. The van der Waals surface area contributed by atoms with Crippen molar-refractivity contribution < 1.29 is 13.0 Å². The predicted octanol–water partition coefficient (Wildman–Crippen LogP) is 3.68. The topological polar surface area (TPSA) is 27.7 Å². The van der Waals surface area contributed by atoms with Crippen LogP contribution in [0, 0.1) is 0 Å². The van der Waals surface area contributed by atoms with Crippen molar-refractivity contribution in [2.45, 2.75) is 58.9 Å². The summed E-state index contributed by atoms with van der Waals surface area (Å²) in [5, 5.41) is 0. The normalized spacial score (nSPS) is 15.1. The van der Waals surface area contributed by atoms with Gasteiger partial charge >= 0.3 is 0 Å². The monoisotopic (exact) mass is 428 g/mol. The molecule has 142 valence electrons. The Balaban J connectivity index is 3.64. The predicted molar refractivity (Wildman–Crippen MR) is 125 cm³/mol. The number of benzene rings is 1. The molecule has 1 unspecified atom stereocenters. The van der Waals surface area contributed by atoms with E-state index in [1.165, 1.54) is 4.82 Å². The van der Waals surface area contributed by atoms with Gasteiger partial charge < -0.3 is 13.0 Å². The molecule has 25 heavy (non-hydrogen) atoms. The van der Waals surface area contributed by atoms with Crippen molar-refractivity contribution in [3.05, 3.63) is 34.6 Å². The van der Waals surface area contributed by atoms with Crippen LogP contribution in [0.3, 0.4) is 0 Å². The van der Waals surface area contributed by atoms with Gasteiger partial charge in [0.15, 0.2) is 9.04 Å². The van der Waals surface area contributed by atoms with Crippen molar-refractivity contribution in [3.8, 4) is 5.75 Å². The third-order valence-electron chi connectivity index (χ3n) is 3.63. The molecule has 0 radical (unpaired) electrons. The molecule has 0 fully saturated rings. The molecule has 0 spiro atoms. The fourth-order valence-corrected chi connectivity index (χ4v) is 11.9. The van der Waals surface area contributed by atoms with Gasteiger partial charge in [-0.15, -0.1) is 0 Å². The highest BCUT2D eigenvalue weighted by Gasteiger charge is 2.29. The Morgan fingerprint density at radius 3 is 1.92 bits per heavy atom.